The number of thiophene rings is 1. The molecule has 1 aliphatic rings. The highest BCUT2D eigenvalue weighted by Crippen LogP contribution is 2.29. The molecule has 0 radical (unpaired) electrons. The number of hydrogen-bond acceptors (Lipinski definition) is 5. The molecule has 20 heavy (non-hydrogen) atoms. The first-order valence-corrected chi connectivity index (χ1v) is 8.28. The quantitative estimate of drug-likeness (QED) is 0.908. The van der Waals surface area contributed by atoms with E-state index in [2.05, 4.69) is 39.8 Å². The van der Waals surface area contributed by atoms with Gasteiger partial charge in [-0.15, -0.1) is 11.3 Å². The maximum absolute atomic E-state index is 4.43. The molecule has 3 heterocycles. The molecule has 3 rings (SSSR count). The molecule has 0 saturated carbocycles. The van der Waals surface area contributed by atoms with E-state index in [4.69, 9.17) is 0 Å². The van der Waals surface area contributed by atoms with Gasteiger partial charge in [0.15, 0.2) is 0 Å². The molecule has 0 bridgehead atoms. The molecule has 0 aromatic carbocycles. The van der Waals surface area contributed by atoms with Gasteiger partial charge in [-0.2, -0.15) is 0 Å². The van der Waals surface area contributed by atoms with Crippen molar-refractivity contribution in [1.82, 2.24) is 15.3 Å². The van der Waals surface area contributed by atoms with Crippen LogP contribution in [0.25, 0.3) is 10.2 Å². The summed E-state index contributed by atoms with van der Waals surface area (Å²) in [6.07, 6.45) is 5.48. The topological polar surface area (TPSA) is 49.8 Å². The number of anilines is 1. The Bertz CT molecular complexity index is 574. The van der Waals surface area contributed by atoms with Crippen LogP contribution >= 0.6 is 11.3 Å². The first kappa shape index (κ1) is 13.8. The van der Waals surface area contributed by atoms with Gasteiger partial charge < -0.3 is 10.6 Å². The van der Waals surface area contributed by atoms with Gasteiger partial charge in [0, 0.05) is 6.04 Å². The van der Waals surface area contributed by atoms with Crippen LogP contribution in [0.4, 0.5) is 5.82 Å². The number of nitrogens with one attached hydrogen (secondary N) is 2. The van der Waals surface area contributed by atoms with E-state index in [1.165, 1.54) is 42.6 Å². The Balaban J connectivity index is 1.69. The van der Waals surface area contributed by atoms with Crippen molar-refractivity contribution in [2.24, 2.45) is 5.92 Å². The van der Waals surface area contributed by atoms with Gasteiger partial charge in [0.2, 0.25) is 0 Å². The molecule has 1 atom stereocenters. The summed E-state index contributed by atoms with van der Waals surface area (Å²) < 4.78 is 1.18. The molecule has 1 aliphatic heterocycles. The van der Waals surface area contributed by atoms with Crippen LogP contribution in [-0.4, -0.2) is 29.1 Å². The minimum atomic E-state index is 0.457. The zero-order valence-electron chi connectivity index (χ0n) is 12.1. The largest absolute Gasteiger partial charge is 0.366 e. The first-order valence-electron chi connectivity index (χ1n) is 7.40. The Kier molecular flexibility index (Phi) is 4.17. The Labute approximate surface area is 124 Å². The van der Waals surface area contributed by atoms with Crippen molar-refractivity contribution in [3.05, 3.63) is 17.3 Å². The van der Waals surface area contributed by atoms with E-state index in [-0.39, 0.29) is 0 Å². The molecular weight excluding hydrogens is 268 g/mol. The Morgan fingerprint density at radius 1 is 1.40 bits per heavy atom. The lowest BCUT2D eigenvalue weighted by atomic mass is 9.91. The predicted octanol–water partition coefficient (Wildman–Crippen LogP) is 3.19. The van der Waals surface area contributed by atoms with Gasteiger partial charge in [0.05, 0.1) is 10.2 Å². The van der Waals surface area contributed by atoms with Gasteiger partial charge in [-0.25, -0.2) is 9.97 Å². The molecule has 0 aliphatic carbocycles. The summed E-state index contributed by atoms with van der Waals surface area (Å²) in [6, 6.07) is 0.457. The fourth-order valence-corrected chi connectivity index (χ4v) is 3.94. The van der Waals surface area contributed by atoms with Crippen molar-refractivity contribution < 1.29 is 0 Å². The van der Waals surface area contributed by atoms with Gasteiger partial charge in [-0.05, 0) is 63.1 Å². The van der Waals surface area contributed by atoms with E-state index in [0.29, 0.717) is 6.04 Å². The average Bonchev–Trinajstić information content (AvgIpc) is 2.83. The van der Waals surface area contributed by atoms with Crippen LogP contribution in [0, 0.1) is 12.8 Å². The van der Waals surface area contributed by atoms with Crippen LogP contribution in [-0.2, 0) is 0 Å². The Hall–Kier alpha value is -1.20. The Morgan fingerprint density at radius 2 is 2.20 bits per heavy atom. The second-order valence-corrected chi connectivity index (χ2v) is 6.67. The molecule has 0 unspecified atom stereocenters. The maximum atomic E-state index is 4.43. The van der Waals surface area contributed by atoms with Gasteiger partial charge in [-0.3, -0.25) is 0 Å². The highest BCUT2D eigenvalue weighted by Gasteiger charge is 2.17. The van der Waals surface area contributed by atoms with Crippen molar-refractivity contribution in [3.63, 3.8) is 0 Å². The number of nitrogens with zero attached hydrogens (tertiary/aromatic N) is 2. The normalized spacial score (nSPS) is 18.3. The highest BCUT2D eigenvalue weighted by atomic mass is 32.1. The monoisotopic (exact) mass is 290 g/mol. The lowest BCUT2D eigenvalue weighted by Gasteiger charge is -2.26. The average molecular weight is 290 g/mol. The van der Waals surface area contributed by atoms with E-state index in [0.717, 1.165) is 17.3 Å². The number of fused-ring (bicyclic) bond motifs is 1. The predicted molar refractivity (Wildman–Crippen MR) is 85.4 cm³/mol. The second-order valence-electron chi connectivity index (χ2n) is 5.79. The minimum Gasteiger partial charge on any atom is -0.366 e. The fourth-order valence-electron chi connectivity index (χ4n) is 2.98. The molecule has 108 valence electrons. The van der Waals surface area contributed by atoms with Gasteiger partial charge in [0.25, 0.3) is 0 Å². The summed E-state index contributed by atoms with van der Waals surface area (Å²) in [5.41, 5.74) is 2.32. The summed E-state index contributed by atoms with van der Waals surface area (Å²) in [5, 5.41) is 9.16. The van der Waals surface area contributed by atoms with Gasteiger partial charge in [0.1, 0.15) is 12.1 Å². The number of rotatable bonds is 4. The molecule has 5 heteroatoms. The van der Waals surface area contributed by atoms with Crippen LogP contribution in [0.2, 0.25) is 0 Å². The van der Waals surface area contributed by atoms with Crippen molar-refractivity contribution >= 4 is 27.4 Å². The number of hydrogen-bond donors (Lipinski definition) is 2. The number of piperidine rings is 1. The zero-order valence-corrected chi connectivity index (χ0v) is 13.0. The van der Waals surface area contributed by atoms with Crippen LogP contribution in [0.1, 0.15) is 31.7 Å². The van der Waals surface area contributed by atoms with E-state index in [9.17, 15) is 0 Å². The smallest absolute Gasteiger partial charge is 0.147 e. The molecule has 2 aromatic heterocycles. The van der Waals surface area contributed by atoms with Crippen LogP contribution < -0.4 is 10.6 Å². The molecule has 4 nitrogen and oxygen atoms in total. The summed E-state index contributed by atoms with van der Waals surface area (Å²) in [5.74, 6) is 1.83. The van der Waals surface area contributed by atoms with Crippen molar-refractivity contribution in [2.75, 3.05) is 18.4 Å². The second kappa shape index (κ2) is 6.06. The number of aryl methyl sites for hydroxylation is 1. The summed E-state index contributed by atoms with van der Waals surface area (Å²) in [4.78, 5) is 8.80. The maximum Gasteiger partial charge on any atom is 0.147 e. The van der Waals surface area contributed by atoms with Crippen molar-refractivity contribution in [1.29, 1.82) is 0 Å². The third-order valence-electron chi connectivity index (χ3n) is 4.06. The molecule has 2 aromatic rings. The Morgan fingerprint density at radius 3 is 3.00 bits per heavy atom. The van der Waals surface area contributed by atoms with Crippen LogP contribution in [0.15, 0.2) is 11.7 Å². The highest BCUT2D eigenvalue weighted by molar-refractivity contribution is 7.18. The van der Waals surface area contributed by atoms with Crippen LogP contribution in [0.3, 0.4) is 0 Å². The molecule has 0 spiro atoms. The summed E-state index contributed by atoms with van der Waals surface area (Å²) in [6.45, 7) is 6.70. The molecular formula is C15H22N4S. The molecule has 0 amide bonds. The number of aromatic nitrogens is 2. The van der Waals surface area contributed by atoms with Gasteiger partial charge >= 0.3 is 0 Å². The standard InChI is InChI=1S/C15H22N4S/c1-10-8-20-14-13(10)17-9-18-15(14)19-11(2)7-12-3-5-16-6-4-12/h8-9,11-12,16H,3-7H2,1-2H3,(H,17,18,19)/t11-/m0/s1. The van der Waals surface area contributed by atoms with Crippen molar-refractivity contribution in [3.8, 4) is 0 Å². The summed E-state index contributed by atoms with van der Waals surface area (Å²) in [7, 11) is 0. The van der Waals surface area contributed by atoms with E-state index < -0.39 is 0 Å². The molecule has 2 N–H and O–H groups in total. The molecule has 1 saturated heterocycles. The minimum absolute atomic E-state index is 0.457. The van der Waals surface area contributed by atoms with E-state index in [1.807, 2.05) is 0 Å². The zero-order chi connectivity index (χ0) is 13.9. The lowest BCUT2D eigenvalue weighted by Crippen LogP contribution is -2.30. The van der Waals surface area contributed by atoms with Crippen LogP contribution in [0.5, 0.6) is 0 Å². The third kappa shape index (κ3) is 2.94. The lowest BCUT2D eigenvalue weighted by molar-refractivity contribution is 0.342. The third-order valence-corrected chi connectivity index (χ3v) is 5.15. The van der Waals surface area contributed by atoms with Crippen molar-refractivity contribution in [2.45, 2.75) is 39.2 Å². The SMILES string of the molecule is Cc1csc2c(N[C@@H](C)CC3CCNCC3)ncnc12. The first-order chi connectivity index (χ1) is 9.74. The summed E-state index contributed by atoms with van der Waals surface area (Å²) >= 11 is 1.73. The van der Waals surface area contributed by atoms with E-state index in [1.54, 1.807) is 17.7 Å². The van der Waals surface area contributed by atoms with Gasteiger partial charge in [-0.1, -0.05) is 0 Å². The molecule has 1 fully saturated rings. The fraction of sp³-hybridized carbons (Fsp3) is 0.600. The van der Waals surface area contributed by atoms with E-state index >= 15 is 0 Å².